The fourth-order valence-corrected chi connectivity index (χ4v) is 3.43. The van der Waals surface area contributed by atoms with Gasteiger partial charge in [-0.25, -0.2) is 4.39 Å². The van der Waals surface area contributed by atoms with Crippen LogP contribution >= 0.6 is 11.6 Å². The van der Waals surface area contributed by atoms with Crippen LogP contribution < -0.4 is 10.2 Å². The first-order chi connectivity index (χ1) is 13.4. The average molecular weight is 398 g/mol. The maximum absolute atomic E-state index is 14.6. The molecule has 2 aromatic rings. The number of nitrogens with zero attached hydrogens (tertiary/aromatic N) is 2. The van der Waals surface area contributed by atoms with Gasteiger partial charge in [0.2, 0.25) is 0 Å². The van der Waals surface area contributed by atoms with Crippen molar-refractivity contribution in [1.29, 1.82) is 5.26 Å². The molecule has 0 bridgehead atoms. The van der Waals surface area contributed by atoms with Crippen LogP contribution in [0.25, 0.3) is 6.08 Å². The third-order valence-electron chi connectivity index (χ3n) is 4.89. The fourth-order valence-electron chi connectivity index (χ4n) is 3.26. The van der Waals surface area contributed by atoms with E-state index in [1.54, 1.807) is 24.3 Å². The van der Waals surface area contributed by atoms with E-state index < -0.39 is 5.91 Å². The molecule has 6 heteroatoms. The van der Waals surface area contributed by atoms with Crippen LogP contribution in [-0.2, 0) is 4.79 Å². The summed E-state index contributed by atoms with van der Waals surface area (Å²) in [5, 5.41) is 12.6. The van der Waals surface area contributed by atoms with Crippen LogP contribution in [0.15, 0.2) is 35.9 Å². The molecule has 3 rings (SSSR count). The highest BCUT2D eigenvalue weighted by Crippen LogP contribution is 2.28. The van der Waals surface area contributed by atoms with E-state index in [0.717, 1.165) is 37.1 Å². The fraction of sp³-hybridized carbons (Fsp3) is 0.273. The lowest BCUT2D eigenvalue weighted by Gasteiger charge is -2.19. The number of halogens is 2. The number of carbonyl (C=O) groups is 1. The third kappa shape index (κ3) is 4.35. The Morgan fingerprint density at radius 3 is 2.61 bits per heavy atom. The minimum absolute atomic E-state index is 0.101. The van der Waals surface area contributed by atoms with Gasteiger partial charge in [0.15, 0.2) is 0 Å². The van der Waals surface area contributed by atoms with E-state index in [-0.39, 0.29) is 11.4 Å². The van der Waals surface area contributed by atoms with Crippen LogP contribution in [0.4, 0.5) is 15.8 Å². The Hall–Kier alpha value is -2.84. The van der Waals surface area contributed by atoms with Crippen molar-refractivity contribution >= 4 is 35.0 Å². The number of hydrogen-bond donors (Lipinski definition) is 1. The van der Waals surface area contributed by atoms with E-state index in [4.69, 9.17) is 11.6 Å². The number of nitrogens with one attached hydrogen (secondary N) is 1. The van der Waals surface area contributed by atoms with Gasteiger partial charge in [0.1, 0.15) is 17.5 Å². The van der Waals surface area contributed by atoms with Gasteiger partial charge >= 0.3 is 0 Å². The highest BCUT2D eigenvalue weighted by Gasteiger charge is 2.18. The maximum atomic E-state index is 14.6. The SMILES string of the molecule is Cc1cc(N2CCCC2)c(F)cc1C=C(C#N)C(=O)Nc1cc(Cl)ccc1C. The number of benzene rings is 2. The van der Waals surface area contributed by atoms with Crippen molar-refractivity contribution < 1.29 is 9.18 Å². The molecule has 0 aromatic heterocycles. The zero-order valence-corrected chi connectivity index (χ0v) is 16.6. The predicted molar refractivity (Wildman–Crippen MR) is 111 cm³/mol. The molecule has 1 amide bonds. The Balaban J connectivity index is 1.87. The second-order valence-electron chi connectivity index (χ2n) is 6.94. The number of aryl methyl sites for hydroxylation is 2. The van der Waals surface area contributed by atoms with E-state index in [0.29, 0.717) is 22.0 Å². The van der Waals surface area contributed by atoms with Gasteiger partial charge in [0, 0.05) is 23.8 Å². The summed E-state index contributed by atoms with van der Waals surface area (Å²) in [6, 6.07) is 10.2. The Kier molecular flexibility index (Phi) is 6.01. The molecule has 144 valence electrons. The van der Waals surface area contributed by atoms with E-state index in [1.165, 1.54) is 12.1 Å². The number of nitriles is 1. The number of carbonyl (C=O) groups excluding carboxylic acids is 1. The lowest BCUT2D eigenvalue weighted by molar-refractivity contribution is -0.112. The molecule has 1 N–H and O–H groups in total. The van der Waals surface area contributed by atoms with Crippen molar-refractivity contribution in [2.75, 3.05) is 23.3 Å². The first-order valence-electron chi connectivity index (χ1n) is 9.13. The predicted octanol–water partition coefficient (Wildman–Crippen LogP) is 5.24. The highest BCUT2D eigenvalue weighted by molar-refractivity contribution is 6.31. The summed E-state index contributed by atoms with van der Waals surface area (Å²) in [6.07, 6.45) is 3.53. The largest absolute Gasteiger partial charge is 0.369 e. The Morgan fingerprint density at radius 1 is 1.21 bits per heavy atom. The first-order valence-corrected chi connectivity index (χ1v) is 9.51. The van der Waals surface area contributed by atoms with Crippen LogP contribution in [0, 0.1) is 31.0 Å². The number of rotatable bonds is 4. The molecule has 0 saturated carbocycles. The van der Waals surface area contributed by atoms with Crippen molar-refractivity contribution in [2.24, 2.45) is 0 Å². The molecular weight excluding hydrogens is 377 g/mol. The lowest BCUT2D eigenvalue weighted by Crippen LogP contribution is -2.19. The Labute approximate surface area is 169 Å². The van der Waals surface area contributed by atoms with Crippen LogP contribution in [0.3, 0.4) is 0 Å². The molecule has 1 heterocycles. The Morgan fingerprint density at radius 2 is 1.93 bits per heavy atom. The molecule has 1 fully saturated rings. The second kappa shape index (κ2) is 8.45. The topological polar surface area (TPSA) is 56.1 Å². The minimum atomic E-state index is -0.559. The summed E-state index contributed by atoms with van der Waals surface area (Å²) in [5.74, 6) is -0.904. The molecule has 4 nitrogen and oxygen atoms in total. The van der Waals surface area contributed by atoms with Gasteiger partial charge in [0.25, 0.3) is 5.91 Å². The van der Waals surface area contributed by atoms with Crippen molar-refractivity contribution in [3.05, 3.63) is 63.4 Å². The summed E-state index contributed by atoms with van der Waals surface area (Å²) >= 11 is 5.97. The molecule has 28 heavy (non-hydrogen) atoms. The standard InChI is InChI=1S/C22H21ClFN3O/c1-14-5-6-18(23)12-20(14)26-22(28)17(13-25)10-16-11-19(24)21(9-15(16)2)27-7-3-4-8-27/h5-6,9-12H,3-4,7-8H2,1-2H3,(H,26,28). The van der Waals surface area contributed by atoms with Gasteiger partial charge in [-0.1, -0.05) is 17.7 Å². The molecular formula is C22H21ClFN3O. The normalized spacial score (nSPS) is 14.1. The van der Waals surface area contributed by atoms with Gasteiger partial charge < -0.3 is 10.2 Å². The molecule has 2 aromatic carbocycles. The smallest absolute Gasteiger partial charge is 0.266 e. The van der Waals surface area contributed by atoms with Crippen molar-refractivity contribution in [1.82, 2.24) is 0 Å². The van der Waals surface area contributed by atoms with Gasteiger partial charge in [-0.15, -0.1) is 0 Å². The van der Waals surface area contributed by atoms with E-state index in [9.17, 15) is 14.4 Å². The lowest BCUT2D eigenvalue weighted by atomic mass is 10.0. The summed E-state index contributed by atoms with van der Waals surface area (Å²) < 4.78 is 14.6. The molecule has 1 aliphatic rings. The first kappa shape index (κ1) is 19.9. The zero-order valence-electron chi connectivity index (χ0n) is 15.9. The maximum Gasteiger partial charge on any atom is 0.266 e. The van der Waals surface area contributed by atoms with Crippen molar-refractivity contribution in [3.8, 4) is 6.07 Å². The summed E-state index contributed by atoms with van der Waals surface area (Å²) in [4.78, 5) is 14.6. The number of anilines is 2. The van der Waals surface area contributed by atoms with E-state index in [1.807, 2.05) is 24.8 Å². The van der Waals surface area contributed by atoms with Gasteiger partial charge in [-0.2, -0.15) is 5.26 Å². The van der Waals surface area contributed by atoms with Crippen molar-refractivity contribution in [3.63, 3.8) is 0 Å². The van der Waals surface area contributed by atoms with E-state index >= 15 is 0 Å². The Bertz CT molecular complexity index is 988. The summed E-state index contributed by atoms with van der Waals surface area (Å²) in [7, 11) is 0. The number of amides is 1. The molecule has 0 aliphatic carbocycles. The summed E-state index contributed by atoms with van der Waals surface area (Å²) in [5.41, 5.74) is 3.15. The van der Waals surface area contributed by atoms with Gasteiger partial charge in [0.05, 0.1) is 5.69 Å². The van der Waals surface area contributed by atoms with Crippen LogP contribution in [0.5, 0.6) is 0 Å². The van der Waals surface area contributed by atoms with Crippen LogP contribution in [-0.4, -0.2) is 19.0 Å². The van der Waals surface area contributed by atoms with Crippen molar-refractivity contribution in [2.45, 2.75) is 26.7 Å². The molecule has 0 radical (unpaired) electrons. The highest BCUT2D eigenvalue weighted by atomic mass is 35.5. The molecule has 0 atom stereocenters. The third-order valence-corrected chi connectivity index (χ3v) is 5.13. The molecule has 0 spiro atoms. The van der Waals surface area contributed by atoms with Gasteiger partial charge in [-0.05, 0) is 73.7 Å². The molecule has 1 aliphatic heterocycles. The van der Waals surface area contributed by atoms with Crippen LogP contribution in [0.1, 0.15) is 29.5 Å². The van der Waals surface area contributed by atoms with E-state index in [2.05, 4.69) is 5.32 Å². The zero-order chi connectivity index (χ0) is 20.3. The second-order valence-corrected chi connectivity index (χ2v) is 7.37. The quantitative estimate of drug-likeness (QED) is 0.566. The van der Waals surface area contributed by atoms with Gasteiger partial charge in [-0.3, -0.25) is 4.79 Å². The summed E-state index contributed by atoms with van der Waals surface area (Å²) in [6.45, 7) is 5.37. The molecule has 0 unspecified atom stereocenters. The minimum Gasteiger partial charge on any atom is -0.369 e. The van der Waals surface area contributed by atoms with Crippen LogP contribution in [0.2, 0.25) is 5.02 Å². The number of hydrogen-bond acceptors (Lipinski definition) is 3. The average Bonchev–Trinajstić information content (AvgIpc) is 3.19. The monoisotopic (exact) mass is 397 g/mol. The molecule has 1 saturated heterocycles.